The molecular formula is C16H26N2O3. The average molecular weight is 294 g/mol. The highest BCUT2D eigenvalue weighted by Gasteiger charge is 2.22. The maximum Gasteiger partial charge on any atom is 0.253 e. The maximum atomic E-state index is 12.3. The molecule has 0 aromatic heterocycles. The molecule has 0 heterocycles. The molecule has 0 bridgehead atoms. The van der Waals surface area contributed by atoms with Crippen LogP contribution >= 0.6 is 0 Å². The molecular weight excluding hydrogens is 268 g/mol. The molecule has 0 aliphatic heterocycles. The molecule has 0 radical (unpaired) electrons. The normalized spacial score (nSPS) is 13.8. The Morgan fingerprint density at radius 1 is 1.38 bits per heavy atom. The zero-order valence-electron chi connectivity index (χ0n) is 13.3. The Hall–Kier alpha value is -1.59. The van der Waals surface area contributed by atoms with Crippen molar-refractivity contribution in [2.24, 2.45) is 0 Å². The summed E-state index contributed by atoms with van der Waals surface area (Å²) in [4.78, 5) is 12.3. The van der Waals surface area contributed by atoms with E-state index in [-0.39, 0.29) is 18.5 Å². The second-order valence-corrected chi connectivity index (χ2v) is 5.77. The zero-order valence-corrected chi connectivity index (χ0v) is 13.3. The Balaban J connectivity index is 2.67. The minimum absolute atomic E-state index is 0.186. The summed E-state index contributed by atoms with van der Waals surface area (Å²) in [6.45, 7) is 6.36. The van der Waals surface area contributed by atoms with Gasteiger partial charge in [-0.3, -0.25) is 4.79 Å². The lowest BCUT2D eigenvalue weighted by Crippen LogP contribution is -2.41. The number of anilines is 1. The first kappa shape index (κ1) is 17.5. The highest BCUT2D eigenvalue weighted by atomic mass is 16.5. The van der Waals surface area contributed by atoms with Gasteiger partial charge in [0, 0.05) is 38.4 Å². The van der Waals surface area contributed by atoms with Crippen molar-refractivity contribution in [1.82, 2.24) is 5.32 Å². The summed E-state index contributed by atoms with van der Waals surface area (Å²) in [5.74, 6) is -0.198. The molecule has 118 valence electrons. The van der Waals surface area contributed by atoms with Gasteiger partial charge in [-0.1, -0.05) is 12.1 Å². The predicted molar refractivity (Wildman–Crippen MR) is 84.7 cm³/mol. The van der Waals surface area contributed by atoms with Gasteiger partial charge in [-0.15, -0.1) is 0 Å². The smallest absolute Gasteiger partial charge is 0.253 e. The molecule has 3 N–H and O–H groups in total. The minimum atomic E-state index is -0.980. The molecule has 1 aromatic carbocycles. The van der Waals surface area contributed by atoms with Crippen molar-refractivity contribution in [2.75, 3.05) is 25.6 Å². The van der Waals surface area contributed by atoms with Crippen LogP contribution in [0.4, 0.5) is 5.69 Å². The highest BCUT2D eigenvalue weighted by molar-refractivity contribution is 5.99. The number of amides is 1. The van der Waals surface area contributed by atoms with Gasteiger partial charge in [0.15, 0.2) is 0 Å². The van der Waals surface area contributed by atoms with Crippen molar-refractivity contribution < 1.29 is 14.6 Å². The zero-order chi connectivity index (χ0) is 15.9. The van der Waals surface area contributed by atoms with E-state index in [1.165, 1.54) is 0 Å². The molecule has 0 spiro atoms. The van der Waals surface area contributed by atoms with Crippen molar-refractivity contribution in [1.29, 1.82) is 0 Å². The van der Waals surface area contributed by atoms with E-state index in [0.29, 0.717) is 18.6 Å². The van der Waals surface area contributed by atoms with Crippen LogP contribution in [0.2, 0.25) is 0 Å². The largest absolute Gasteiger partial charge is 0.388 e. The van der Waals surface area contributed by atoms with Crippen LogP contribution in [0.25, 0.3) is 0 Å². The number of carbonyl (C=O) groups excluding carboxylic acids is 1. The summed E-state index contributed by atoms with van der Waals surface area (Å²) in [6, 6.07) is 7.59. The topological polar surface area (TPSA) is 70.6 Å². The molecule has 0 aliphatic rings. The number of hydrogen-bond acceptors (Lipinski definition) is 4. The third-order valence-corrected chi connectivity index (χ3v) is 3.09. The van der Waals surface area contributed by atoms with Crippen molar-refractivity contribution >= 4 is 11.6 Å². The van der Waals surface area contributed by atoms with Gasteiger partial charge in [0.1, 0.15) is 0 Å². The van der Waals surface area contributed by atoms with Crippen LogP contribution in [0.3, 0.4) is 0 Å². The van der Waals surface area contributed by atoms with Crippen LogP contribution in [0.15, 0.2) is 24.3 Å². The van der Waals surface area contributed by atoms with Crippen LogP contribution < -0.4 is 10.6 Å². The second-order valence-electron chi connectivity index (χ2n) is 5.77. The van der Waals surface area contributed by atoms with Gasteiger partial charge in [-0.25, -0.2) is 0 Å². The van der Waals surface area contributed by atoms with E-state index >= 15 is 0 Å². The van der Waals surface area contributed by atoms with E-state index in [1.807, 2.05) is 32.0 Å². The van der Waals surface area contributed by atoms with Gasteiger partial charge < -0.3 is 20.5 Å². The number of carbonyl (C=O) groups is 1. The molecule has 1 amide bonds. The third-order valence-electron chi connectivity index (χ3n) is 3.09. The molecule has 5 heteroatoms. The molecule has 1 rings (SSSR count). The van der Waals surface area contributed by atoms with Gasteiger partial charge in [0.25, 0.3) is 5.91 Å². The van der Waals surface area contributed by atoms with Crippen LogP contribution in [0.1, 0.15) is 37.6 Å². The molecule has 1 unspecified atom stereocenters. The molecule has 0 saturated carbocycles. The lowest BCUT2D eigenvalue weighted by Gasteiger charge is -2.23. The van der Waals surface area contributed by atoms with E-state index in [1.54, 1.807) is 20.1 Å². The molecule has 1 aromatic rings. The summed E-state index contributed by atoms with van der Waals surface area (Å²) in [5, 5.41) is 16.2. The van der Waals surface area contributed by atoms with Crippen molar-refractivity contribution in [3.63, 3.8) is 0 Å². The first-order valence-electron chi connectivity index (χ1n) is 7.21. The summed E-state index contributed by atoms with van der Waals surface area (Å²) in [5.41, 5.74) is 0.391. The molecule has 1 atom stereocenters. The molecule has 5 nitrogen and oxygen atoms in total. The predicted octanol–water partition coefficient (Wildman–Crippen LogP) is 2.02. The van der Waals surface area contributed by atoms with Crippen molar-refractivity contribution in [2.45, 2.75) is 38.8 Å². The summed E-state index contributed by atoms with van der Waals surface area (Å²) in [7, 11) is 1.59. The number of nitrogens with one attached hydrogen (secondary N) is 2. The molecule has 0 aliphatic carbocycles. The lowest BCUT2D eigenvalue weighted by atomic mass is 10.0. The standard InChI is InChI=1S/C16H26N2O3/c1-12(2)18-14-8-6-5-7-13(14)15(19)17-11-16(3,20)9-10-21-4/h5-8,12,18,20H,9-11H2,1-4H3,(H,17,19). The van der Waals surface area contributed by atoms with E-state index in [2.05, 4.69) is 10.6 Å². The minimum Gasteiger partial charge on any atom is -0.388 e. The number of aliphatic hydroxyl groups is 1. The van der Waals surface area contributed by atoms with Gasteiger partial charge in [-0.05, 0) is 32.9 Å². The fourth-order valence-corrected chi connectivity index (χ4v) is 1.89. The van der Waals surface area contributed by atoms with Crippen LogP contribution in [-0.2, 0) is 4.74 Å². The van der Waals surface area contributed by atoms with Crippen LogP contribution in [0, 0.1) is 0 Å². The SMILES string of the molecule is COCCC(C)(O)CNC(=O)c1ccccc1NC(C)C. The Kier molecular flexibility index (Phi) is 6.65. The Labute approximate surface area is 126 Å². The number of hydrogen-bond donors (Lipinski definition) is 3. The maximum absolute atomic E-state index is 12.3. The Bertz CT molecular complexity index is 459. The van der Waals surface area contributed by atoms with Gasteiger partial charge >= 0.3 is 0 Å². The van der Waals surface area contributed by atoms with Crippen molar-refractivity contribution in [3.8, 4) is 0 Å². The van der Waals surface area contributed by atoms with Gasteiger partial charge in [0.2, 0.25) is 0 Å². The fourth-order valence-electron chi connectivity index (χ4n) is 1.89. The van der Waals surface area contributed by atoms with E-state index < -0.39 is 5.60 Å². The lowest BCUT2D eigenvalue weighted by molar-refractivity contribution is 0.0244. The van der Waals surface area contributed by atoms with E-state index in [4.69, 9.17) is 4.74 Å². The van der Waals surface area contributed by atoms with E-state index in [0.717, 1.165) is 5.69 Å². The van der Waals surface area contributed by atoms with Gasteiger partial charge in [0.05, 0.1) is 11.2 Å². The molecule has 0 saturated heterocycles. The summed E-state index contributed by atoms with van der Waals surface area (Å²) >= 11 is 0. The van der Waals surface area contributed by atoms with Gasteiger partial charge in [-0.2, -0.15) is 0 Å². The highest BCUT2D eigenvalue weighted by Crippen LogP contribution is 2.16. The number of rotatable bonds is 8. The van der Waals surface area contributed by atoms with Crippen molar-refractivity contribution in [3.05, 3.63) is 29.8 Å². The molecule has 21 heavy (non-hydrogen) atoms. The summed E-state index contributed by atoms with van der Waals surface area (Å²) in [6.07, 6.45) is 0.468. The number of para-hydroxylation sites is 1. The first-order valence-corrected chi connectivity index (χ1v) is 7.21. The quantitative estimate of drug-likeness (QED) is 0.686. The number of methoxy groups -OCH3 is 1. The third kappa shape index (κ3) is 6.14. The number of benzene rings is 1. The van der Waals surface area contributed by atoms with E-state index in [9.17, 15) is 9.90 Å². The Morgan fingerprint density at radius 2 is 2.05 bits per heavy atom. The monoisotopic (exact) mass is 294 g/mol. The average Bonchev–Trinajstić information content (AvgIpc) is 2.43. The number of ether oxygens (including phenoxy) is 1. The van der Waals surface area contributed by atoms with Crippen LogP contribution in [-0.4, -0.2) is 42.9 Å². The van der Waals surface area contributed by atoms with Crippen LogP contribution in [0.5, 0.6) is 0 Å². The Morgan fingerprint density at radius 3 is 2.67 bits per heavy atom. The first-order chi connectivity index (χ1) is 9.85. The second kappa shape index (κ2) is 8.00. The summed E-state index contributed by atoms with van der Waals surface area (Å²) < 4.78 is 4.95. The molecule has 0 fully saturated rings. The fraction of sp³-hybridized carbons (Fsp3) is 0.562.